The number of benzene rings is 1. The van der Waals surface area contributed by atoms with E-state index in [1.807, 2.05) is 0 Å². The van der Waals surface area contributed by atoms with Crippen molar-refractivity contribution in [3.8, 4) is 0 Å². The van der Waals surface area contributed by atoms with Crippen molar-refractivity contribution in [3.63, 3.8) is 0 Å². The number of aliphatic hydroxyl groups is 1. The molecule has 0 aromatic heterocycles. The Balaban J connectivity index is 0.00000361. The van der Waals surface area contributed by atoms with Gasteiger partial charge in [-0.2, -0.15) is 26.3 Å². The first-order valence-electron chi connectivity index (χ1n) is 4.82. The van der Waals surface area contributed by atoms with E-state index in [1.165, 1.54) is 0 Å². The number of alkyl halides is 6. The summed E-state index contributed by atoms with van der Waals surface area (Å²) in [4.78, 5) is 0. The summed E-state index contributed by atoms with van der Waals surface area (Å²) in [5.41, 5.74) is 0.271. The SMILES string of the molecule is Cl.N[C@@H](CO)c1c(F)cc(C(F)(F)F)cc1C(F)(F)F. The predicted molar refractivity (Wildman–Crippen MR) is 57.7 cm³/mol. The zero-order valence-corrected chi connectivity index (χ0v) is 10.3. The molecule has 2 nitrogen and oxygen atoms in total. The van der Waals surface area contributed by atoms with E-state index in [-0.39, 0.29) is 24.5 Å². The summed E-state index contributed by atoms with van der Waals surface area (Å²) < 4.78 is 88.3. The molecule has 0 aliphatic carbocycles. The molecule has 0 radical (unpaired) electrons. The quantitative estimate of drug-likeness (QED) is 0.819. The molecule has 0 saturated heterocycles. The lowest BCUT2D eigenvalue weighted by molar-refractivity contribution is -0.144. The van der Waals surface area contributed by atoms with Gasteiger partial charge in [-0.1, -0.05) is 0 Å². The third kappa shape index (κ3) is 3.97. The average Bonchev–Trinajstić information content (AvgIpc) is 2.24. The first kappa shape index (κ1) is 18.9. The summed E-state index contributed by atoms with van der Waals surface area (Å²) in [7, 11) is 0. The molecule has 0 amide bonds. The van der Waals surface area contributed by atoms with E-state index in [4.69, 9.17) is 10.8 Å². The summed E-state index contributed by atoms with van der Waals surface area (Å²) >= 11 is 0. The molecule has 0 aliphatic heterocycles. The van der Waals surface area contributed by atoms with Gasteiger partial charge in [-0.3, -0.25) is 0 Å². The summed E-state index contributed by atoms with van der Waals surface area (Å²) in [5.74, 6) is -1.76. The van der Waals surface area contributed by atoms with Gasteiger partial charge >= 0.3 is 12.4 Å². The average molecular weight is 328 g/mol. The van der Waals surface area contributed by atoms with Gasteiger partial charge in [0.2, 0.25) is 0 Å². The van der Waals surface area contributed by atoms with Gasteiger partial charge in [-0.05, 0) is 12.1 Å². The Morgan fingerprint density at radius 3 is 1.90 bits per heavy atom. The van der Waals surface area contributed by atoms with Crippen molar-refractivity contribution in [1.29, 1.82) is 0 Å². The smallest absolute Gasteiger partial charge is 0.394 e. The molecular weight excluding hydrogens is 319 g/mol. The van der Waals surface area contributed by atoms with Crippen LogP contribution in [-0.4, -0.2) is 11.7 Å². The lowest BCUT2D eigenvalue weighted by Crippen LogP contribution is -2.23. The molecular formula is C10H9ClF7NO. The molecule has 1 atom stereocenters. The molecule has 1 aromatic rings. The fraction of sp³-hybridized carbons (Fsp3) is 0.400. The van der Waals surface area contributed by atoms with Crippen molar-refractivity contribution in [1.82, 2.24) is 0 Å². The molecule has 0 saturated carbocycles. The van der Waals surface area contributed by atoms with Crippen LogP contribution in [0.4, 0.5) is 30.7 Å². The van der Waals surface area contributed by atoms with Crippen LogP contribution >= 0.6 is 12.4 Å². The Hall–Kier alpha value is -1.06. The number of hydrogen-bond donors (Lipinski definition) is 2. The number of aliphatic hydroxyl groups excluding tert-OH is 1. The van der Waals surface area contributed by atoms with Gasteiger partial charge in [-0.15, -0.1) is 12.4 Å². The van der Waals surface area contributed by atoms with Crippen LogP contribution in [0.3, 0.4) is 0 Å². The molecule has 3 N–H and O–H groups in total. The Morgan fingerprint density at radius 1 is 1.05 bits per heavy atom. The van der Waals surface area contributed by atoms with Crippen molar-refractivity contribution in [2.24, 2.45) is 5.73 Å². The van der Waals surface area contributed by atoms with E-state index in [1.54, 1.807) is 0 Å². The van der Waals surface area contributed by atoms with Crippen LogP contribution < -0.4 is 5.73 Å². The van der Waals surface area contributed by atoms with Crippen molar-refractivity contribution >= 4 is 12.4 Å². The Morgan fingerprint density at radius 2 is 1.55 bits per heavy atom. The van der Waals surface area contributed by atoms with Gasteiger partial charge in [0.25, 0.3) is 0 Å². The number of nitrogens with two attached hydrogens (primary N) is 1. The van der Waals surface area contributed by atoms with Gasteiger partial charge in [0.05, 0.1) is 23.8 Å². The highest BCUT2D eigenvalue weighted by molar-refractivity contribution is 5.85. The van der Waals surface area contributed by atoms with Crippen molar-refractivity contribution in [2.75, 3.05) is 6.61 Å². The standard InChI is InChI=1S/C10H8F7NO.ClH/c11-6-2-4(9(12,13)14)1-5(10(15,16)17)8(6)7(18)3-19;/h1-2,7,19H,3,18H2;1H/t7-;/m0./s1. The second-order valence-corrected chi connectivity index (χ2v) is 3.70. The molecule has 0 bridgehead atoms. The minimum atomic E-state index is -5.22. The minimum absolute atomic E-state index is 0. The summed E-state index contributed by atoms with van der Waals surface area (Å²) in [5, 5.41) is 8.65. The van der Waals surface area contributed by atoms with Crippen molar-refractivity contribution < 1.29 is 35.8 Å². The number of hydrogen-bond acceptors (Lipinski definition) is 2. The van der Waals surface area contributed by atoms with Crippen LogP contribution in [-0.2, 0) is 12.4 Å². The Kier molecular flexibility index (Phi) is 5.82. The molecule has 1 rings (SSSR count). The summed E-state index contributed by atoms with van der Waals surface area (Å²) in [6.07, 6.45) is -10.3. The summed E-state index contributed by atoms with van der Waals surface area (Å²) in [6.45, 7) is -1.04. The maximum absolute atomic E-state index is 13.4. The van der Waals surface area contributed by atoms with Crippen LogP contribution in [0.15, 0.2) is 12.1 Å². The first-order valence-corrected chi connectivity index (χ1v) is 4.82. The molecule has 0 aliphatic rings. The second kappa shape index (κ2) is 6.15. The maximum Gasteiger partial charge on any atom is 0.416 e. The molecule has 116 valence electrons. The lowest BCUT2D eigenvalue weighted by Gasteiger charge is -2.19. The highest BCUT2D eigenvalue weighted by Gasteiger charge is 2.40. The topological polar surface area (TPSA) is 46.2 Å². The first-order chi connectivity index (χ1) is 8.48. The summed E-state index contributed by atoms with van der Waals surface area (Å²) in [6, 6.07) is -2.08. The van der Waals surface area contributed by atoms with E-state index < -0.39 is 47.5 Å². The fourth-order valence-corrected chi connectivity index (χ4v) is 1.48. The molecule has 1 aromatic carbocycles. The molecule has 0 heterocycles. The van der Waals surface area contributed by atoms with Gasteiger partial charge in [-0.25, -0.2) is 4.39 Å². The zero-order chi connectivity index (χ0) is 15.0. The van der Waals surface area contributed by atoms with E-state index in [0.29, 0.717) is 0 Å². The van der Waals surface area contributed by atoms with Gasteiger partial charge in [0, 0.05) is 5.56 Å². The van der Waals surface area contributed by atoms with E-state index in [9.17, 15) is 30.7 Å². The van der Waals surface area contributed by atoms with Crippen LogP contribution in [0.25, 0.3) is 0 Å². The Bertz CT molecular complexity index is 472. The molecule has 0 spiro atoms. The van der Waals surface area contributed by atoms with E-state index >= 15 is 0 Å². The van der Waals surface area contributed by atoms with Crippen LogP contribution in [0.5, 0.6) is 0 Å². The minimum Gasteiger partial charge on any atom is -0.394 e. The maximum atomic E-state index is 13.4. The molecule has 0 fully saturated rings. The molecule has 20 heavy (non-hydrogen) atoms. The zero-order valence-electron chi connectivity index (χ0n) is 9.52. The van der Waals surface area contributed by atoms with Crippen molar-refractivity contribution in [2.45, 2.75) is 18.4 Å². The third-order valence-electron chi connectivity index (χ3n) is 2.33. The highest BCUT2D eigenvalue weighted by atomic mass is 35.5. The van der Waals surface area contributed by atoms with Gasteiger partial charge < -0.3 is 10.8 Å². The Labute approximate surface area is 114 Å². The monoisotopic (exact) mass is 327 g/mol. The fourth-order valence-electron chi connectivity index (χ4n) is 1.48. The normalized spacial score (nSPS) is 13.8. The van der Waals surface area contributed by atoms with Crippen LogP contribution in [0.1, 0.15) is 22.7 Å². The largest absolute Gasteiger partial charge is 0.416 e. The molecule has 0 unspecified atom stereocenters. The third-order valence-corrected chi connectivity index (χ3v) is 2.33. The second-order valence-electron chi connectivity index (χ2n) is 3.70. The van der Waals surface area contributed by atoms with Gasteiger partial charge in [0.1, 0.15) is 5.82 Å². The van der Waals surface area contributed by atoms with E-state index in [2.05, 4.69) is 0 Å². The predicted octanol–water partition coefficient (Wildman–Crippen LogP) is 3.28. The number of halogens is 8. The van der Waals surface area contributed by atoms with E-state index in [0.717, 1.165) is 0 Å². The lowest BCUT2D eigenvalue weighted by atomic mass is 9.97. The van der Waals surface area contributed by atoms with Crippen molar-refractivity contribution in [3.05, 3.63) is 34.6 Å². The highest BCUT2D eigenvalue weighted by Crippen LogP contribution is 2.39. The molecule has 10 heteroatoms. The van der Waals surface area contributed by atoms with Gasteiger partial charge in [0.15, 0.2) is 0 Å². The van der Waals surface area contributed by atoms with Crippen LogP contribution in [0, 0.1) is 5.82 Å². The van der Waals surface area contributed by atoms with Crippen LogP contribution in [0.2, 0.25) is 0 Å². The number of rotatable bonds is 2.